The third kappa shape index (κ3) is 2.72. The van der Waals surface area contributed by atoms with Crippen LogP contribution in [0.25, 0.3) is 0 Å². The van der Waals surface area contributed by atoms with E-state index in [1.165, 1.54) is 0 Å². The van der Waals surface area contributed by atoms with Gasteiger partial charge in [0.15, 0.2) is 0 Å². The number of carbonyl (C=O) groups is 2. The Balaban J connectivity index is 2.41. The highest BCUT2D eigenvalue weighted by atomic mass is 16.2. The maximum atomic E-state index is 11.5. The average Bonchev–Trinajstić information content (AvgIpc) is 2.43. The first-order valence-corrected chi connectivity index (χ1v) is 5.06. The zero-order chi connectivity index (χ0) is 10.7. The second-order valence-corrected chi connectivity index (χ2v) is 4.26. The van der Waals surface area contributed by atoms with Gasteiger partial charge in [-0.15, -0.1) is 0 Å². The molecule has 0 spiro atoms. The van der Waals surface area contributed by atoms with Crippen LogP contribution < -0.4 is 5.73 Å². The highest BCUT2D eigenvalue weighted by molar-refractivity contribution is 5.80. The van der Waals surface area contributed by atoms with Crippen molar-refractivity contribution >= 4 is 11.8 Å². The lowest BCUT2D eigenvalue weighted by atomic mass is 9.95. The molecule has 1 aliphatic rings. The van der Waals surface area contributed by atoms with E-state index in [-0.39, 0.29) is 18.2 Å². The summed E-state index contributed by atoms with van der Waals surface area (Å²) in [5.41, 5.74) is 5.03. The number of nitrogens with zero attached hydrogens (tertiary/aromatic N) is 1. The van der Waals surface area contributed by atoms with Crippen LogP contribution in [-0.2, 0) is 9.59 Å². The molecule has 2 amide bonds. The van der Waals surface area contributed by atoms with Gasteiger partial charge in [-0.25, -0.2) is 0 Å². The summed E-state index contributed by atoms with van der Waals surface area (Å²) in [7, 11) is 0. The van der Waals surface area contributed by atoms with Crippen molar-refractivity contribution in [2.45, 2.75) is 26.7 Å². The number of carbonyl (C=O) groups excluding carboxylic acids is 2. The molecule has 1 aliphatic heterocycles. The Morgan fingerprint density at radius 1 is 1.64 bits per heavy atom. The molecule has 4 heteroatoms. The first-order chi connectivity index (χ1) is 6.50. The van der Waals surface area contributed by atoms with E-state index in [1.54, 1.807) is 4.90 Å². The summed E-state index contributed by atoms with van der Waals surface area (Å²) in [6.45, 7) is 5.51. The Bertz CT molecular complexity index is 238. The first-order valence-electron chi connectivity index (χ1n) is 5.06. The fourth-order valence-electron chi connectivity index (χ4n) is 1.71. The number of hydrogen-bond acceptors (Lipinski definition) is 2. The molecule has 14 heavy (non-hydrogen) atoms. The maximum absolute atomic E-state index is 11.5. The van der Waals surface area contributed by atoms with Crippen molar-refractivity contribution in [1.82, 2.24) is 4.90 Å². The Labute approximate surface area is 84.4 Å². The summed E-state index contributed by atoms with van der Waals surface area (Å²) >= 11 is 0. The summed E-state index contributed by atoms with van der Waals surface area (Å²) in [6, 6.07) is 0. The van der Waals surface area contributed by atoms with Crippen molar-refractivity contribution in [2.24, 2.45) is 17.6 Å². The van der Waals surface area contributed by atoms with E-state index in [4.69, 9.17) is 5.73 Å². The van der Waals surface area contributed by atoms with Crippen molar-refractivity contribution in [3.05, 3.63) is 0 Å². The van der Waals surface area contributed by atoms with Gasteiger partial charge >= 0.3 is 0 Å². The molecule has 0 bridgehead atoms. The fourth-order valence-corrected chi connectivity index (χ4v) is 1.71. The van der Waals surface area contributed by atoms with Gasteiger partial charge < -0.3 is 10.6 Å². The second-order valence-electron chi connectivity index (χ2n) is 4.26. The van der Waals surface area contributed by atoms with Gasteiger partial charge in [0.05, 0.1) is 0 Å². The van der Waals surface area contributed by atoms with Gasteiger partial charge in [-0.1, -0.05) is 13.8 Å². The quantitative estimate of drug-likeness (QED) is 0.709. The monoisotopic (exact) mass is 198 g/mol. The fraction of sp³-hybridized carbons (Fsp3) is 0.800. The van der Waals surface area contributed by atoms with Crippen LogP contribution in [0.1, 0.15) is 26.7 Å². The van der Waals surface area contributed by atoms with Crippen LogP contribution in [0.5, 0.6) is 0 Å². The van der Waals surface area contributed by atoms with Gasteiger partial charge in [0.25, 0.3) is 0 Å². The maximum Gasteiger partial charge on any atom is 0.222 e. The minimum atomic E-state index is -0.342. The number of rotatable bonds is 4. The van der Waals surface area contributed by atoms with Gasteiger partial charge in [0.2, 0.25) is 11.8 Å². The van der Waals surface area contributed by atoms with Crippen LogP contribution >= 0.6 is 0 Å². The third-order valence-electron chi connectivity index (χ3n) is 2.82. The van der Waals surface area contributed by atoms with Crippen molar-refractivity contribution in [2.75, 3.05) is 13.1 Å². The summed E-state index contributed by atoms with van der Waals surface area (Å²) in [5, 5.41) is 0. The van der Waals surface area contributed by atoms with Gasteiger partial charge in [0.1, 0.15) is 0 Å². The van der Waals surface area contributed by atoms with Crippen molar-refractivity contribution < 1.29 is 9.59 Å². The number of nitrogens with two attached hydrogens (primary N) is 1. The van der Waals surface area contributed by atoms with Gasteiger partial charge in [-0.3, -0.25) is 9.59 Å². The zero-order valence-electron chi connectivity index (χ0n) is 8.82. The lowest BCUT2D eigenvalue weighted by Gasteiger charge is -2.17. The lowest BCUT2D eigenvalue weighted by molar-refractivity contribution is -0.128. The predicted molar refractivity (Wildman–Crippen MR) is 53.3 cm³/mol. The molecule has 1 saturated heterocycles. The first kappa shape index (κ1) is 11.0. The molecule has 2 N–H and O–H groups in total. The van der Waals surface area contributed by atoms with Crippen LogP contribution in [0.2, 0.25) is 0 Å². The highest BCUT2D eigenvalue weighted by Crippen LogP contribution is 2.24. The van der Waals surface area contributed by atoms with Crippen molar-refractivity contribution in [3.8, 4) is 0 Å². The molecule has 1 unspecified atom stereocenters. The standard InChI is InChI=1S/C10H18N2O2/c1-7(2)8-5-10(14)12(6-8)4-3-9(11)13/h7-8H,3-6H2,1-2H3,(H2,11,13). The van der Waals surface area contributed by atoms with E-state index in [0.717, 1.165) is 6.54 Å². The number of primary amides is 1. The minimum absolute atomic E-state index is 0.157. The molecule has 80 valence electrons. The molecular formula is C10H18N2O2. The van der Waals surface area contributed by atoms with Crippen LogP contribution in [0, 0.1) is 11.8 Å². The summed E-state index contributed by atoms with van der Waals surface area (Å²) in [4.78, 5) is 23.8. The number of likely N-dealkylation sites (tertiary alicyclic amines) is 1. The van der Waals surface area contributed by atoms with Gasteiger partial charge in [-0.2, -0.15) is 0 Å². The third-order valence-corrected chi connectivity index (χ3v) is 2.82. The van der Waals surface area contributed by atoms with E-state index in [1.807, 2.05) is 0 Å². The normalized spacial score (nSPS) is 22.1. The van der Waals surface area contributed by atoms with Crippen molar-refractivity contribution in [3.63, 3.8) is 0 Å². The molecule has 4 nitrogen and oxygen atoms in total. The van der Waals surface area contributed by atoms with Crippen LogP contribution in [0.3, 0.4) is 0 Å². The van der Waals surface area contributed by atoms with Crippen LogP contribution in [0.15, 0.2) is 0 Å². The van der Waals surface area contributed by atoms with E-state index in [2.05, 4.69) is 13.8 Å². The Hall–Kier alpha value is -1.06. The molecule has 0 aromatic heterocycles. The Morgan fingerprint density at radius 2 is 2.29 bits per heavy atom. The molecule has 1 fully saturated rings. The minimum Gasteiger partial charge on any atom is -0.370 e. The summed E-state index contributed by atoms with van der Waals surface area (Å²) in [6.07, 6.45) is 0.896. The SMILES string of the molecule is CC(C)C1CC(=O)N(CCC(N)=O)C1. The number of amides is 2. The smallest absolute Gasteiger partial charge is 0.222 e. The molecule has 0 radical (unpaired) electrons. The number of hydrogen-bond donors (Lipinski definition) is 1. The van der Waals surface area contributed by atoms with E-state index in [9.17, 15) is 9.59 Å². The van der Waals surface area contributed by atoms with Crippen molar-refractivity contribution in [1.29, 1.82) is 0 Å². The van der Waals surface area contributed by atoms with Crippen LogP contribution in [0.4, 0.5) is 0 Å². The molecule has 1 rings (SSSR count). The Morgan fingerprint density at radius 3 is 2.71 bits per heavy atom. The molecular weight excluding hydrogens is 180 g/mol. The lowest BCUT2D eigenvalue weighted by Crippen LogP contribution is -2.29. The highest BCUT2D eigenvalue weighted by Gasteiger charge is 2.30. The largest absolute Gasteiger partial charge is 0.370 e. The van der Waals surface area contributed by atoms with E-state index >= 15 is 0 Å². The zero-order valence-corrected chi connectivity index (χ0v) is 8.82. The molecule has 1 heterocycles. The molecule has 1 atom stereocenters. The van der Waals surface area contributed by atoms with Gasteiger partial charge in [-0.05, 0) is 11.8 Å². The summed E-state index contributed by atoms with van der Waals surface area (Å²) in [5.74, 6) is 0.781. The topological polar surface area (TPSA) is 63.4 Å². The second kappa shape index (κ2) is 4.44. The average molecular weight is 198 g/mol. The van der Waals surface area contributed by atoms with Crippen LogP contribution in [-0.4, -0.2) is 29.8 Å². The predicted octanol–water partition coefficient (Wildman–Crippen LogP) is 0.366. The Kier molecular flexibility index (Phi) is 3.49. The summed E-state index contributed by atoms with van der Waals surface area (Å²) < 4.78 is 0. The van der Waals surface area contributed by atoms with E-state index < -0.39 is 0 Å². The molecule has 0 aromatic rings. The molecule has 0 aliphatic carbocycles. The van der Waals surface area contributed by atoms with E-state index in [0.29, 0.717) is 24.8 Å². The molecule has 0 aromatic carbocycles. The van der Waals surface area contributed by atoms with Gasteiger partial charge in [0, 0.05) is 25.9 Å². The molecule has 0 saturated carbocycles.